The number of halogens is 2. The number of benzene rings is 1. The van der Waals surface area contributed by atoms with Crippen molar-refractivity contribution >= 4 is 0 Å². The molecule has 0 saturated heterocycles. The average molecular weight is 467 g/mol. The Bertz CT molecular complexity index is 1190. The molecule has 0 spiro atoms. The van der Waals surface area contributed by atoms with Gasteiger partial charge in [-0.05, 0) is 35.2 Å². The number of rotatable bonds is 11. The summed E-state index contributed by atoms with van der Waals surface area (Å²) in [4.78, 5) is 8.67. The van der Waals surface area contributed by atoms with Crippen LogP contribution in [0, 0.1) is 0 Å². The molecule has 1 N–H and O–H groups in total. The smallest absolute Gasteiger partial charge is 0.252 e. The lowest BCUT2D eigenvalue weighted by Crippen LogP contribution is -2.15. The summed E-state index contributed by atoms with van der Waals surface area (Å²) in [5, 5.41) is 18.3. The zero-order chi connectivity index (χ0) is 24.0. The Balaban J connectivity index is 1.58. The van der Waals surface area contributed by atoms with Gasteiger partial charge in [-0.2, -0.15) is 14.0 Å². The van der Waals surface area contributed by atoms with Crippen LogP contribution in [0.25, 0.3) is 22.6 Å². The van der Waals surface area contributed by atoms with E-state index < -0.39 is 5.92 Å². The lowest BCUT2D eigenvalue weighted by molar-refractivity contribution is -0.0232. The second-order valence-corrected chi connectivity index (χ2v) is 8.25. The lowest BCUT2D eigenvalue weighted by Gasteiger charge is -2.10. The van der Waals surface area contributed by atoms with Crippen molar-refractivity contribution in [3.05, 3.63) is 59.8 Å². The maximum absolute atomic E-state index is 14.5. The van der Waals surface area contributed by atoms with E-state index >= 15 is 0 Å². The highest BCUT2D eigenvalue weighted by Crippen LogP contribution is 2.31. The first kappa shape index (κ1) is 23.6. The molecule has 0 radical (unpaired) electrons. The van der Waals surface area contributed by atoms with Crippen LogP contribution in [0.1, 0.15) is 63.2 Å². The van der Waals surface area contributed by atoms with Crippen molar-refractivity contribution in [1.29, 1.82) is 0 Å². The van der Waals surface area contributed by atoms with Crippen LogP contribution in [0.4, 0.5) is 8.78 Å². The maximum atomic E-state index is 14.5. The molecule has 0 amide bonds. The Kier molecular flexibility index (Phi) is 7.34. The number of pyridine rings is 1. The number of aryl methyl sites for hydroxylation is 1. The van der Waals surface area contributed by atoms with E-state index in [4.69, 9.17) is 0 Å². The highest BCUT2D eigenvalue weighted by molar-refractivity contribution is 5.77. The predicted octanol–water partition coefficient (Wildman–Crippen LogP) is 5.19. The number of hydrogen-bond acceptors (Lipinski definition) is 6. The van der Waals surface area contributed by atoms with Crippen molar-refractivity contribution in [2.24, 2.45) is 0 Å². The van der Waals surface area contributed by atoms with Crippen LogP contribution in [0.5, 0.6) is 0 Å². The number of aromatic nitrogens is 8. The minimum Gasteiger partial charge on any atom is -0.252 e. The Morgan fingerprint density at radius 3 is 2.56 bits per heavy atom. The number of unbranched alkanes of at least 4 members (excludes halogenated alkanes) is 2. The van der Waals surface area contributed by atoms with E-state index in [0.717, 1.165) is 36.0 Å². The molecule has 0 fully saturated rings. The Morgan fingerprint density at radius 2 is 1.85 bits per heavy atom. The number of nitrogens with zero attached hydrogens (tertiary/aromatic N) is 7. The molecule has 1 aromatic carbocycles. The van der Waals surface area contributed by atoms with Gasteiger partial charge in [-0.1, -0.05) is 57.0 Å². The second-order valence-electron chi connectivity index (χ2n) is 8.25. The first-order valence-corrected chi connectivity index (χ1v) is 11.6. The lowest BCUT2D eigenvalue weighted by atomic mass is 10.0. The molecular weight excluding hydrogens is 438 g/mol. The van der Waals surface area contributed by atoms with E-state index in [0.29, 0.717) is 36.7 Å². The molecule has 3 aromatic heterocycles. The van der Waals surface area contributed by atoms with Gasteiger partial charge in [0, 0.05) is 31.1 Å². The van der Waals surface area contributed by atoms with Crippen LogP contribution >= 0.6 is 0 Å². The van der Waals surface area contributed by atoms with Gasteiger partial charge in [0.25, 0.3) is 0 Å². The van der Waals surface area contributed by atoms with Crippen LogP contribution in [-0.2, 0) is 18.9 Å². The second kappa shape index (κ2) is 10.6. The first-order chi connectivity index (χ1) is 16.5. The average Bonchev–Trinajstić information content (AvgIpc) is 3.51. The normalized spacial score (nSPS) is 11.8. The van der Waals surface area contributed by atoms with Gasteiger partial charge in [0.15, 0.2) is 0 Å². The number of nitrogens with one attached hydrogen (secondary N) is 1. The van der Waals surface area contributed by atoms with Gasteiger partial charge in [0.2, 0.25) is 11.6 Å². The highest BCUT2D eigenvalue weighted by atomic mass is 19.3. The summed E-state index contributed by atoms with van der Waals surface area (Å²) in [5.74, 6) is -2.42. The van der Waals surface area contributed by atoms with Crippen LogP contribution in [0.15, 0.2) is 42.6 Å². The zero-order valence-corrected chi connectivity index (χ0v) is 19.4. The molecule has 0 unspecified atom stereocenters. The van der Waals surface area contributed by atoms with Crippen molar-refractivity contribution in [1.82, 2.24) is 40.4 Å². The zero-order valence-electron chi connectivity index (χ0n) is 19.4. The van der Waals surface area contributed by atoms with Gasteiger partial charge in [-0.15, -0.1) is 15.3 Å². The summed E-state index contributed by atoms with van der Waals surface area (Å²) in [7, 11) is 0. The molecule has 0 aliphatic carbocycles. The van der Waals surface area contributed by atoms with Crippen LogP contribution < -0.4 is 0 Å². The van der Waals surface area contributed by atoms with Crippen molar-refractivity contribution in [2.75, 3.05) is 0 Å². The van der Waals surface area contributed by atoms with E-state index in [1.54, 1.807) is 17.8 Å². The molecule has 0 saturated carbocycles. The third-order valence-electron chi connectivity index (χ3n) is 5.60. The Hall–Kier alpha value is -3.56. The van der Waals surface area contributed by atoms with E-state index in [1.165, 1.54) is 0 Å². The molecular formula is C24H28F2N8. The number of hydrogen-bond donors (Lipinski definition) is 1. The number of tetrazole rings is 1. The summed E-state index contributed by atoms with van der Waals surface area (Å²) < 4.78 is 30.7. The van der Waals surface area contributed by atoms with Gasteiger partial charge < -0.3 is 0 Å². The molecule has 34 heavy (non-hydrogen) atoms. The predicted molar refractivity (Wildman–Crippen MR) is 124 cm³/mol. The van der Waals surface area contributed by atoms with Crippen molar-refractivity contribution in [3.8, 4) is 22.6 Å². The summed E-state index contributed by atoms with van der Waals surface area (Å²) in [6.07, 6.45) is 5.16. The largest absolute Gasteiger partial charge is 0.308 e. The van der Waals surface area contributed by atoms with Crippen molar-refractivity contribution in [2.45, 2.75) is 64.8 Å². The van der Waals surface area contributed by atoms with Gasteiger partial charge in [-0.25, -0.2) is 9.67 Å². The minimum absolute atomic E-state index is 0.256. The molecule has 0 bridgehead atoms. The van der Waals surface area contributed by atoms with Gasteiger partial charge >= 0.3 is 5.92 Å². The molecule has 0 aliphatic rings. The topological polar surface area (TPSA) is 98.1 Å². The number of H-pyrrole nitrogens is 1. The van der Waals surface area contributed by atoms with Crippen molar-refractivity contribution in [3.63, 3.8) is 0 Å². The molecule has 4 rings (SSSR count). The van der Waals surface area contributed by atoms with E-state index in [2.05, 4.69) is 42.6 Å². The van der Waals surface area contributed by atoms with E-state index in [9.17, 15) is 8.78 Å². The third kappa shape index (κ3) is 5.32. The quantitative estimate of drug-likeness (QED) is 0.305. The van der Waals surface area contributed by atoms with Gasteiger partial charge in [0.1, 0.15) is 11.5 Å². The van der Waals surface area contributed by atoms with Crippen LogP contribution in [0.3, 0.4) is 0 Å². The standard InChI is InChI=1S/C24H28F2N8/c1-3-5-6-15-34-20(28-23(31-34)24(25,26)13-4-2)16-17-9-11-18(12-10-17)19-8-7-14-27-21(19)22-29-32-33-30-22/h7-12,14H,3-6,13,15-16H2,1-2H3,(H,29,30,32,33). The Labute approximate surface area is 196 Å². The van der Waals surface area contributed by atoms with Crippen LogP contribution in [-0.4, -0.2) is 40.4 Å². The minimum atomic E-state index is -3.02. The molecule has 0 atom stereocenters. The molecule has 178 valence electrons. The molecule has 3 heterocycles. The van der Waals surface area contributed by atoms with E-state index in [-0.39, 0.29) is 12.2 Å². The summed E-state index contributed by atoms with van der Waals surface area (Å²) in [5.41, 5.74) is 3.40. The fourth-order valence-corrected chi connectivity index (χ4v) is 3.84. The molecule has 8 nitrogen and oxygen atoms in total. The molecule has 0 aliphatic heterocycles. The third-order valence-corrected chi connectivity index (χ3v) is 5.60. The van der Waals surface area contributed by atoms with Crippen LogP contribution in [0.2, 0.25) is 0 Å². The van der Waals surface area contributed by atoms with Crippen molar-refractivity contribution < 1.29 is 8.78 Å². The molecule has 4 aromatic rings. The van der Waals surface area contributed by atoms with E-state index in [1.807, 2.05) is 36.4 Å². The van der Waals surface area contributed by atoms with Gasteiger partial charge in [0.05, 0.1) is 0 Å². The fraction of sp³-hybridized carbons (Fsp3) is 0.417. The van der Waals surface area contributed by atoms with Gasteiger partial charge in [-0.3, -0.25) is 4.98 Å². The maximum Gasteiger partial charge on any atom is 0.308 e. The highest BCUT2D eigenvalue weighted by Gasteiger charge is 2.36. The summed E-state index contributed by atoms with van der Waals surface area (Å²) in [6, 6.07) is 11.7. The Morgan fingerprint density at radius 1 is 1.03 bits per heavy atom. The fourth-order valence-electron chi connectivity index (χ4n) is 3.84. The monoisotopic (exact) mass is 466 g/mol. The summed E-state index contributed by atoms with van der Waals surface area (Å²) in [6.45, 7) is 4.43. The molecule has 10 heteroatoms. The first-order valence-electron chi connectivity index (χ1n) is 11.6. The SMILES string of the molecule is CCCCCn1nc(C(F)(F)CCC)nc1Cc1ccc(-c2cccnc2-c2nn[nH]n2)cc1. The summed E-state index contributed by atoms with van der Waals surface area (Å²) >= 11 is 0. The number of alkyl halides is 2. The number of aromatic amines is 1.